The number of methoxy groups -OCH3 is 1. The van der Waals surface area contributed by atoms with Crippen LogP contribution in [-0.2, 0) is 14.3 Å². The average molecular weight is 345 g/mol. The van der Waals surface area contributed by atoms with Gasteiger partial charge in [-0.1, -0.05) is 76.5 Å². The Morgan fingerprint density at radius 3 is 1.87 bits per heavy atom. The maximum atomic E-state index is 11.7. The van der Waals surface area contributed by atoms with E-state index in [-0.39, 0.29) is 5.97 Å². The van der Waals surface area contributed by atoms with E-state index in [9.17, 15) is 9.59 Å². The minimum absolute atomic E-state index is 0.106. The molecule has 136 valence electrons. The Morgan fingerprint density at radius 1 is 0.739 bits per heavy atom. The van der Waals surface area contributed by atoms with Gasteiger partial charge in [-0.15, -0.1) is 0 Å². The minimum atomic E-state index is -0.106. The molecule has 0 aliphatic heterocycles. The lowest BCUT2D eigenvalue weighted by atomic mass is 10.1. The van der Waals surface area contributed by atoms with Gasteiger partial charge in [-0.25, -0.2) is 0 Å². The van der Waals surface area contributed by atoms with Gasteiger partial charge in [0.05, 0.1) is 7.11 Å². The number of hydrogen-bond acceptors (Lipinski definition) is 4. The van der Waals surface area contributed by atoms with E-state index in [1.165, 1.54) is 70.2 Å². The third-order valence-corrected chi connectivity index (χ3v) is 5.02. The number of esters is 1. The van der Waals surface area contributed by atoms with Crippen molar-refractivity contribution in [2.45, 2.75) is 96.8 Å². The molecule has 23 heavy (non-hydrogen) atoms. The molecule has 0 bridgehead atoms. The second-order valence-electron chi connectivity index (χ2n) is 6.19. The molecule has 0 amide bonds. The number of carbonyl (C=O) groups excluding carboxylic acids is 2. The summed E-state index contributed by atoms with van der Waals surface area (Å²) in [5.74, 6) is 0.863. The van der Waals surface area contributed by atoms with Gasteiger partial charge in [-0.05, 0) is 19.3 Å². The van der Waals surface area contributed by atoms with Crippen molar-refractivity contribution in [2.75, 3.05) is 12.9 Å². The van der Waals surface area contributed by atoms with Crippen LogP contribution >= 0.6 is 11.8 Å². The van der Waals surface area contributed by atoms with E-state index in [1.54, 1.807) is 0 Å². The maximum absolute atomic E-state index is 11.7. The molecule has 0 saturated heterocycles. The molecule has 0 fully saturated rings. The Kier molecular flexibility index (Phi) is 17.4. The number of unbranched alkanes of at least 4 members (excludes halogenated alkanes) is 10. The molecule has 0 heterocycles. The fraction of sp³-hybridized carbons (Fsp3) is 0.895. The third-order valence-electron chi connectivity index (χ3n) is 4.00. The molecule has 0 radical (unpaired) electrons. The summed E-state index contributed by atoms with van der Waals surface area (Å²) >= 11 is 1.52. The van der Waals surface area contributed by atoms with Crippen LogP contribution in [0.3, 0.4) is 0 Å². The zero-order valence-corrected chi connectivity index (χ0v) is 16.1. The predicted molar refractivity (Wildman–Crippen MR) is 99.8 cm³/mol. The van der Waals surface area contributed by atoms with Gasteiger partial charge in [0.15, 0.2) is 5.12 Å². The van der Waals surface area contributed by atoms with E-state index in [0.29, 0.717) is 11.5 Å². The maximum Gasteiger partial charge on any atom is 0.305 e. The SMILES string of the molecule is CCCCCCCCC(=O)SCCCCCCCCC(=O)OC. The Bertz CT molecular complexity index is 292. The number of thioether (sulfide) groups is 1. The molecule has 4 heteroatoms. The number of carbonyl (C=O) groups is 2. The lowest BCUT2D eigenvalue weighted by molar-refractivity contribution is -0.140. The van der Waals surface area contributed by atoms with E-state index < -0.39 is 0 Å². The number of rotatable bonds is 16. The first-order valence-corrected chi connectivity index (χ1v) is 10.4. The van der Waals surface area contributed by atoms with Crippen LogP contribution in [0.4, 0.5) is 0 Å². The monoisotopic (exact) mass is 344 g/mol. The topological polar surface area (TPSA) is 43.4 Å². The predicted octanol–water partition coefficient (Wildman–Crippen LogP) is 5.90. The quantitative estimate of drug-likeness (QED) is 0.258. The summed E-state index contributed by atoms with van der Waals surface area (Å²) in [6, 6.07) is 0. The van der Waals surface area contributed by atoms with Gasteiger partial charge in [0.1, 0.15) is 0 Å². The van der Waals surface area contributed by atoms with Gasteiger partial charge in [0.2, 0.25) is 0 Å². The highest BCUT2D eigenvalue weighted by atomic mass is 32.2. The van der Waals surface area contributed by atoms with Crippen LogP contribution in [0.2, 0.25) is 0 Å². The van der Waals surface area contributed by atoms with Crippen LogP contribution in [-0.4, -0.2) is 23.9 Å². The number of ether oxygens (including phenoxy) is 1. The van der Waals surface area contributed by atoms with Crippen molar-refractivity contribution in [3.8, 4) is 0 Å². The van der Waals surface area contributed by atoms with Gasteiger partial charge in [0.25, 0.3) is 0 Å². The van der Waals surface area contributed by atoms with Crippen molar-refractivity contribution >= 4 is 22.8 Å². The van der Waals surface area contributed by atoms with Crippen LogP contribution < -0.4 is 0 Å². The first-order chi connectivity index (χ1) is 11.2. The first-order valence-electron chi connectivity index (χ1n) is 9.43. The molecule has 0 aromatic heterocycles. The van der Waals surface area contributed by atoms with Crippen LogP contribution in [0.25, 0.3) is 0 Å². The van der Waals surface area contributed by atoms with Gasteiger partial charge in [-0.2, -0.15) is 0 Å². The van der Waals surface area contributed by atoms with E-state index in [2.05, 4.69) is 11.7 Å². The number of hydrogen-bond donors (Lipinski definition) is 0. The minimum Gasteiger partial charge on any atom is -0.469 e. The van der Waals surface area contributed by atoms with Crippen molar-refractivity contribution in [3.05, 3.63) is 0 Å². The van der Waals surface area contributed by atoms with E-state index in [1.807, 2.05) is 0 Å². The van der Waals surface area contributed by atoms with Crippen molar-refractivity contribution in [3.63, 3.8) is 0 Å². The van der Waals surface area contributed by atoms with Gasteiger partial charge in [-0.3, -0.25) is 9.59 Å². The second-order valence-corrected chi connectivity index (χ2v) is 7.34. The molecular weight excluding hydrogens is 308 g/mol. The molecule has 0 spiro atoms. The van der Waals surface area contributed by atoms with E-state index >= 15 is 0 Å². The van der Waals surface area contributed by atoms with Gasteiger partial charge >= 0.3 is 5.97 Å². The highest BCUT2D eigenvalue weighted by Crippen LogP contribution is 2.15. The molecule has 0 unspecified atom stereocenters. The normalized spacial score (nSPS) is 10.7. The molecule has 3 nitrogen and oxygen atoms in total. The summed E-state index contributed by atoms with van der Waals surface area (Å²) < 4.78 is 4.61. The molecule has 0 aromatic carbocycles. The summed E-state index contributed by atoms with van der Waals surface area (Å²) in [5, 5.41) is 0.374. The smallest absolute Gasteiger partial charge is 0.305 e. The summed E-state index contributed by atoms with van der Waals surface area (Å²) in [6.07, 6.45) is 15.5. The molecule has 0 aliphatic rings. The van der Waals surface area contributed by atoms with Crippen LogP contribution in [0.5, 0.6) is 0 Å². The first kappa shape index (κ1) is 22.5. The summed E-state index contributed by atoms with van der Waals surface area (Å²) in [4.78, 5) is 22.7. The lowest BCUT2D eigenvalue weighted by Gasteiger charge is -2.03. The van der Waals surface area contributed by atoms with Gasteiger partial charge < -0.3 is 4.74 Å². The van der Waals surface area contributed by atoms with Gasteiger partial charge in [0, 0.05) is 18.6 Å². The molecule has 0 atom stereocenters. The van der Waals surface area contributed by atoms with Crippen LogP contribution in [0.1, 0.15) is 96.8 Å². The Hall–Kier alpha value is -0.510. The molecule has 0 aromatic rings. The Labute approximate surface area is 147 Å². The van der Waals surface area contributed by atoms with Crippen molar-refractivity contribution in [1.82, 2.24) is 0 Å². The Balaban J connectivity index is 3.19. The lowest BCUT2D eigenvalue weighted by Crippen LogP contribution is -1.99. The van der Waals surface area contributed by atoms with Crippen LogP contribution in [0, 0.1) is 0 Å². The standard InChI is InChI=1S/C19H36O3S/c1-3-4-5-6-10-13-16-19(21)23-17-14-11-8-7-9-12-15-18(20)22-2/h3-17H2,1-2H3. The van der Waals surface area contributed by atoms with Crippen LogP contribution in [0.15, 0.2) is 0 Å². The summed E-state index contributed by atoms with van der Waals surface area (Å²) in [7, 11) is 1.44. The van der Waals surface area contributed by atoms with E-state index in [4.69, 9.17) is 0 Å². The van der Waals surface area contributed by atoms with Crippen molar-refractivity contribution in [2.24, 2.45) is 0 Å². The zero-order chi connectivity index (χ0) is 17.2. The average Bonchev–Trinajstić information content (AvgIpc) is 2.56. The summed E-state index contributed by atoms with van der Waals surface area (Å²) in [5.41, 5.74) is 0. The molecular formula is C19H36O3S. The van der Waals surface area contributed by atoms with E-state index in [0.717, 1.165) is 37.9 Å². The summed E-state index contributed by atoms with van der Waals surface area (Å²) in [6.45, 7) is 2.22. The van der Waals surface area contributed by atoms with Crippen molar-refractivity contribution in [1.29, 1.82) is 0 Å². The van der Waals surface area contributed by atoms with Crippen molar-refractivity contribution < 1.29 is 14.3 Å². The third kappa shape index (κ3) is 17.7. The fourth-order valence-corrected chi connectivity index (χ4v) is 3.35. The highest BCUT2D eigenvalue weighted by Gasteiger charge is 2.03. The molecule has 0 aliphatic carbocycles. The zero-order valence-electron chi connectivity index (χ0n) is 15.2. The largest absolute Gasteiger partial charge is 0.469 e. The molecule has 0 rings (SSSR count). The molecule has 0 N–H and O–H groups in total. The second kappa shape index (κ2) is 17.8. The molecule has 0 saturated carbocycles. The highest BCUT2D eigenvalue weighted by molar-refractivity contribution is 8.13. The fourth-order valence-electron chi connectivity index (χ4n) is 2.49. The Morgan fingerprint density at radius 2 is 1.26 bits per heavy atom.